The van der Waals surface area contributed by atoms with Gasteiger partial charge in [-0.25, -0.2) is 0 Å². The highest BCUT2D eigenvalue weighted by Crippen LogP contribution is 2.43. The Morgan fingerprint density at radius 3 is 2.48 bits per heavy atom. The average molecular weight is 478 g/mol. The number of rotatable bonds is 3. The average Bonchev–Trinajstić information content (AvgIpc) is 3.36. The molecule has 2 heterocycles. The largest absolute Gasteiger partial charge is 0.507 e. The maximum Gasteiger partial charge on any atom is 0.300 e. The molecule has 1 N–H and O–H groups in total. The number of hydrogen-bond acceptors (Lipinski definition) is 5. The van der Waals surface area contributed by atoms with Crippen LogP contribution < -0.4 is 14.4 Å². The summed E-state index contributed by atoms with van der Waals surface area (Å²) in [7, 11) is 0. The molecule has 2 aliphatic rings. The van der Waals surface area contributed by atoms with E-state index in [1.54, 1.807) is 36.4 Å². The van der Waals surface area contributed by atoms with Gasteiger partial charge in [0, 0.05) is 15.7 Å². The molecule has 0 saturated carbocycles. The first-order valence-corrected chi connectivity index (χ1v) is 10.4. The molecule has 2 aliphatic heterocycles. The Hall–Kier alpha value is -3.58. The van der Waals surface area contributed by atoms with Gasteiger partial charge >= 0.3 is 0 Å². The fourth-order valence-corrected chi connectivity index (χ4v) is 4.26. The third-order valence-corrected chi connectivity index (χ3v) is 5.79. The van der Waals surface area contributed by atoms with Gasteiger partial charge in [-0.2, -0.15) is 0 Å². The van der Waals surface area contributed by atoms with Crippen LogP contribution in [0.25, 0.3) is 5.76 Å². The molecule has 1 saturated heterocycles. The topological polar surface area (TPSA) is 76.1 Å². The first-order chi connectivity index (χ1) is 15.0. The maximum atomic E-state index is 13.1. The predicted octanol–water partition coefficient (Wildman–Crippen LogP) is 4.80. The van der Waals surface area contributed by atoms with Crippen LogP contribution in [0.4, 0.5) is 5.69 Å². The number of carbonyl (C=O) groups excluding carboxylic acids is 2. The lowest BCUT2D eigenvalue weighted by atomic mass is 9.95. The van der Waals surface area contributed by atoms with Gasteiger partial charge in [0.1, 0.15) is 5.76 Å². The zero-order valence-corrected chi connectivity index (χ0v) is 17.7. The quantitative estimate of drug-likeness (QED) is 0.333. The highest BCUT2D eigenvalue weighted by molar-refractivity contribution is 9.10. The minimum Gasteiger partial charge on any atom is -0.507 e. The van der Waals surface area contributed by atoms with Crippen LogP contribution >= 0.6 is 15.9 Å². The van der Waals surface area contributed by atoms with Crippen LogP contribution in [0.2, 0.25) is 0 Å². The van der Waals surface area contributed by atoms with Crippen LogP contribution in [-0.2, 0) is 9.59 Å². The van der Waals surface area contributed by atoms with Crippen LogP contribution in [-0.4, -0.2) is 23.6 Å². The van der Waals surface area contributed by atoms with E-state index in [0.29, 0.717) is 28.3 Å². The normalized spacial score (nSPS) is 19.1. The molecule has 1 amide bonds. The number of hydrogen-bond donors (Lipinski definition) is 1. The van der Waals surface area contributed by atoms with Gasteiger partial charge in [-0.1, -0.05) is 52.3 Å². The first-order valence-electron chi connectivity index (χ1n) is 9.56. The maximum absolute atomic E-state index is 13.1. The van der Waals surface area contributed by atoms with Crippen molar-refractivity contribution in [2.75, 3.05) is 11.7 Å². The molecule has 1 unspecified atom stereocenters. The molecule has 1 atom stereocenters. The Labute approximate surface area is 186 Å². The molecule has 1 fully saturated rings. The molecule has 0 spiro atoms. The Morgan fingerprint density at radius 2 is 1.71 bits per heavy atom. The summed E-state index contributed by atoms with van der Waals surface area (Å²) in [6.07, 6.45) is 0. The Morgan fingerprint density at radius 1 is 0.935 bits per heavy atom. The van der Waals surface area contributed by atoms with Gasteiger partial charge in [-0.05, 0) is 42.0 Å². The van der Waals surface area contributed by atoms with Gasteiger partial charge < -0.3 is 14.6 Å². The summed E-state index contributed by atoms with van der Waals surface area (Å²) in [6, 6.07) is 20.4. The van der Waals surface area contributed by atoms with Crippen molar-refractivity contribution in [1.29, 1.82) is 0 Å². The standard InChI is InChI=1S/C24H16BrNO5/c25-16-7-4-8-17(12-16)26-21(14-5-2-1-3-6-14)20(23(28)24(26)29)22(27)15-9-10-18-19(11-15)31-13-30-18/h1-12,21,27H,13H2/b22-20-. The van der Waals surface area contributed by atoms with Crippen molar-refractivity contribution >= 4 is 39.1 Å². The second-order valence-corrected chi connectivity index (χ2v) is 8.04. The first kappa shape index (κ1) is 19.4. The van der Waals surface area contributed by atoms with E-state index < -0.39 is 17.7 Å². The van der Waals surface area contributed by atoms with Crippen LogP contribution in [0.5, 0.6) is 11.5 Å². The number of Topliss-reactive ketones (excluding diaryl/α,β-unsaturated/α-hetero) is 1. The van der Waals surface area contributed by atoms with E-state index in [2.05, 4.69) is 15.9 Å². The van der Waals surface area contributed by atoms with Crippen LogP contribution in [0, 0.1) is 0 Å². The summed E-state index contributed by atoms with van der Waals surface area (Å²) in [5.41, 5.74) is 1.66. The highest BCUT2D eigenvalue weighted by atomic mass is 79.9. The lowest BCUT2D eigenvalue weighted by Gasteiger charge is -2.25. The summed E-state index contributed by atoms with van der Waals surface area (Å²) in [4.78, 5) is 27.7. The molecule has 31 heavy (non-hydrogen) atoms. The summed E-state index contributed by atoms with van der Waals surface area (Å²) in [6.45, 7) is 0.0941. The number of benzene rings is 3. The van der Waals surface area contributed by atoms with E-state index in [9.17, 15) is 14.7 Å². The van der Waals surface area contributed by atoms with Crippen molar-refractivity contribution in [3.8, 4) is 11.5 Å². The minimum absolute atomic E-state index is 0.0232. The van der Waals surface area contributed by atoms with Gasteiger partial charge in [0.2, 0.25) is 6.79 Å². The van der Waals surface area contributed by atoms with Crippen LogP contribution in [0.1, 0.15) is 17.2 Å². The number of aliphatic hydroxyl groups is 1. The third kappa shape index (κ3) is 3.27. The SMILES string of the molecule is O=C1C(=O)N(c2cccc(Br)c2)C(c2ccccc2)/C1=C(/O)c1ccc2c(c1)OCO2. The summed E-state index contributed by atoms with van der Waals surface area (Å²) in [5.74, 6) is -0.673. The molecular weight excluding hydrogens is 462 g/mol. The molecule has 0 radical (unpaired) electrons. The number of nitrogens with zero attached hydrogens (tertiary/aromatic N) is 1. The van der Waals surface area contributed by atoms with Gasteiger partial charge in [0.05, 0.1) is 11.6 Å². The molecule has 0 bridgehead atoms. The molecule has 154 valence electrons. The predicted molar refractivity (Wildman–Crippen MR) is 118 cm³/mol. The van der Waals surface area contributed by atoms with Crippen molar-refractivity contribution in [3.05, 3.63) is 94.0 Å². The number of ketones is 1. The van der Waals surface area contributed by atoms with E-state index in [1.807, 2.05) is 36.4 Å². The van der Waals surface area contributed by atoms with Crippen molar-refractivity contribution in [1.82, 2.24) is 0 Å². The molecule has 6 nitrogen and oxygen atoms in total. The van der Waals surface area contributed by atoms with E-state index in [0.717, 1.165) is 4.47 Å². The van der Waals surface area contributed by atoms with E-state index >= 15 is 0 Å². The number of fused-ring (bicyclic) bond motifs is 1. The summed E-state index contributed by atoms with van der Waals surface area (Å²) < 4.78 is 11.5. The summed E-state index contributed by atoms with van der Waals surface area (Å²) in [5, 5.41) is 11.2. The Kier molecular flexibility index (Phi) is 4.75. The molecule has 0 aliphatic carbocycles. The van der Waals surface area contributed by atoms with Crippen molar-refractivity contribution in [2.24, 2.45) is 0 Å². The van der Waals surface area contributed by atoms with Crippen molar-refractivity contribution < 1.29 is 24.2 Å². The van der Waals surface area contributed by atoms with Crippen molar-refractivity contribution in [3.63, 3.8) is 0 Å². The second kappa shape index (κ2) is 7.59. The third-order valence-electron chi connectivity index (χ3n) is 5.29. The van der Waals surface area contributed by atoms with Gasteiger partial charge in [0.25, 0.3) is 11.7 Å². The number of anilines is 1. The van der Waals surface area contributed by atoms with Gasteiger partial charge in [0.15, 0.2) is 11.5 Å². The molecule has 5 rings (SSSR count). The highest BCUT2D eigenvalue weighted by Gasteiger charge is 2.47. The van der Waals surface area contributed by atoms with E-state index in [-0.39, 0.29) is 18.1 Å². The monoisotopic (exact) mass is 477 g/mol. The van der Waals surface area contributed by atoms with E-state index in [1.165, 1.54) is 4.90 Å². The lowest BCUT2D eigenvalue weighted by Crippen LogP contribution is -2.29. The number of ether oxygens (including phenoxy) is 2. The molecule has 3 aromatic carbocycles. The molecular formula is C24H16BrNO5. The van der Waals surface area contributed by atoms with Crippen LogP contribution in [0.15, 0.2) is 82.8 Å². The van der Waals surface area contributed by atoms with Gasteiger partial charge in [-0.15, -0.1) is 0 Å². The Bertz CT molecular complexity index is 1240. The van der Waals surface area contributed by atoms with Gasteiger partial charge in [-0.3, -0.25) is 14.5 Å². The Balaban J connectivity index is 1.70. The summed E-state index contributed by atoms with van der Waals surface area (Å²) >= 11 is 3.42. The molecule has 0 aromatic heterocycles. The zero-order chi connectivity index (χ0) is 21.5. The lowest BCUT2D eigenvalue weighted by molar-refractivity contribution is -0.132. The zero-order valence-electron chi connectivity index (χ0n) is 16.1. The molecule has 7 heteroatoms. The smallest absolute Gasteiger partial charge is 0.300 e. The number of aliphatic hydroxyl groups excluding tert-OH is 1. The van der Waals surface area contributed by atoms with Crippen molar-refractivity contribution in [2.45, 2.75) is 6.04 Å². The fraction of sp³-hybridized carbons (Fsp3) is 0.0833. The van der Waals surface area contributed by atoms with E-state index in [4.69, 9.17) is 9.47 Å². The molecule has 3 aromatic rings. The van der Waals surface area contributed by atoms with Crippen LogP contribution in [0.3, 0.4) is 0 Å². The second-order valence-electron chi connectivity index (χ2n) is 7.13. The fourth-order valence-electron chi connectivity index (χ4n) is 3.87. The minimum atomic E-state index is -0.777. The number of carbonyl (C=O) groups is 2. The number of halogens is 1. The number of amides is 1.